The molecule has 2 aromatic carbocycles. The van der Waals surface area contributed by atoms with Gasteiger partial charge < -0.3 is 24.5 Å². The van der Waals surface area contributed by atoms with E-state index in [1.54, 1.807) is 0 Å². The summed E-state index contributed by atoms with van der Waals surface area (Å²) in [7, 11) is 1.32. The number of ketones is 1. The van der Waals surface area contributed by atoms with Gasteiger partial charge in [0.15, 0.2) is 17.3 Å². The zero-order valence-electron chi connectivity index (χ0n) is 17.6. The first-order valence-electron chi connectivity index (χ1n) is 9.69. The predicted molar refractivity (Wildman–Crippen MR) is 118 cm³/mol. The van der Waals surface area contributed by atoms with E-state index in [9.17, 15) is 24.9 Å². The van der Waals surface area contributed by atoms with Crippen molar-refractivity contribution in [3.05, 3.63) is 57.8 Å². The van der Waals surface area contributed by atoms with Gasteiger partial charge in [0.25, 0.3) is 0 Å². The van der Waals surface area contributed by atoms with Crippen molar-refractivity contribution in [1.29, 1.82) is 0 Å². The van der Waals surface area contributed by atoms with E-state index in [-0.39, 0.29) is 57.0 Å². The Hall–Kier alpha value is -3.74. The normalized spacial score (nSPS) is 10.9. The second-order valence-electron chi connectivity index (χ2n) is 7.57. The highest BCUT2D eigenvalue weighted by Gasteiger charge is 2.23. The largest absolute Gasteiger partial charge is 0.508 e. The number of phenols is 3. The smallest absolute Gasteiger partial charge is 0.204 e. The van der Waals surface area contributed by atoms with E-state index < -0.39 is 11.2 Å². The summed E-state index contributed by atoms with van der Waals surface area (Å²) in [6.45, 7) is 7.78. The van der Waals surface area contributed by atoms with Crippen molar-refractivity contribution in [2.45, 2.75) is 33.1 Å². The fraction of sp³-hybridized carbons (Fsp3) is 0.250. The van der Waals surface area contributed by atoms with Crippen molar-refractivity contribution in [3.8, 4) is 23.0 Å². The van der Waals surface area contributed by atoms with E-state index in [0.717, 1.165) is 11.6 Å². The van der Waals surface area contributed by atoms with Crippen molar-refractivity contribution in [1.82, 2.24) is 0 Å². The van der Waals surface area contributed by atoms with E-state index in [1.807, 2.05) is 19.9 Å². The van der Waals surface area contributed by atoms with E-state index >= 15 is 0 Å². The highest BCUT2D eigenvalue weighted by atomic mass is 16.5. The second-order valence-corrected chi connectivity index (χ2v) is 7.57. The number of carbonyl (C=O) groups is 1. The molecule has 3 rings (SSSR count). The molecule has 0 fully saturated rings. The topological polar surface area (TPSA) is 117 Å². The van der Waals surface area contributed by atoms with Gasteiger partial charge in [-0.25, -0.2) is 0 Å². The molecule has 0 aliphatic carbocycles. The number of rotatable bonds is 7. The molecule has 162 valence electrons. The van der Waals surface area contributed by atoms with Gasteiger partial charge in [-0.15, -0.1) is 0 Å². The molecule has 0 bridgehead atoms. The lowest BCUT2D eigenvalue weighted by atomic mass is 9.96. The molecule has 0 saturated carbocycles. The van der Waals surface area contributed by atoms with Gasteiger partial charge in [-0.3, -0.25) is 9.59 Å². The molecule has 0 unspecified atom stereocenters. The van der Waals surface area contributed by atoms with Gasteiger partial charge in [0.1, 0.15) is 28.1 Å². The van der Waals surface area contributed by atoms with Gasteiger partial charge in [-0.1, -0.05) is 18.2 Å². The molecule has 0 radical (unpaired) electrons. The Morgan fingerprint density at radius 2 is 1.77 bits per heavy atom. The Labute approximate surface area is 178 Å². The average Bonchev–Trinajstić information content (AvgIpc) is 2.66. The minimum absolute atomic E-state index is 0.00115. The molecule has 3 N–H and O–H groups in total. The van der Waals surface area contributed by atoms with Gasteiger partial charge in [-0.2, -0.15) is 0 Å². The maximum absolute atomic E-state index is 13.2. The van der Waals surface area contributed by atoms with Crippen molar-refractivity contribution < 1.29 is 29.3 Å². The summed E-state index contributed by atoms with van der Waals surface area (Å²) in [5.41, 5.74) is 1.01. The van der Waals surface area contributed by atoms with Gasteiger partial charge in [0.2, 0.25) is 5.43 Å². The van der Waals surface area contributed by atoms with Gasteiger partial charge in [-0.05, 0) is 32.3 Å². The van der Waals surface area contributed by atoms with Crippen LogP contribution in [0, 0.1) is 0 Å². The fourth-order valence-corrected chi connectivity index (χ4v) is 3.50. The van der Waals surface area contributed by atoms with Crippen LogP contribution in [0.1, 0.15) is 32.3 Å². The monoisotopic (exact) mass is 424 g/mol. The van der Waals surface area contributed by atoms with Gasteiger partial charge in [0.05, 0.1) is 12.5 Å². The standard InChI is InChI=1S/C24H24O7/c1-12(2)6-5-7-13(3)16(26)10-15-21-20(11-18(28)24(15)30-4)31-19-9-14(25)8-17(27)22(19)23(21)29/h6,8-9,11,25,27-28H,3,5,7,10H2,1-2,4H3. The third-order valence-corrected chi connectivity index (χ3v) is 5.00. The quantitative estimate of drug-likeness (QED) is 0.291. The molecule has 0 spiro atoms. The number of fused-ring (bicyclic) bond motifs is 2. The first-order valence-corrected chi connectivity index (χ1v) is 9.69. The van der Waals surface area contributed by atoms with Crippen LogP contribution in [0.4, 0.5) is 0 Å². The lowest BCUT2D eigenvalue weighted by Crippen LogP contribution is -2.12. The molecule has 7 heteroatoms. The molecular formula is C24H24O7. The third kappa shape index (κ3) is 4.26. The Morgan fingerprint density at radius 1 is 1.10 bits per heavy atom. The lowest BCUT2D eigenvalue weighted by Gasteiger charge is -2.14. The maximum Gasteiger partial charge on any atom is 0.204 e. The maximum atomic E-state index is 13.2. The van der Waals surface area contributed by atoms with Crippen LogP contribution in [0.2, 0.25) is 0 Å². The number of Topliss-reactive ketones (excluding diaryl/α,β-unsaturated/α-hetero) is 1. The molecule has 0 atom stereocenters. The zero-order valence-corrected chi connectivity index (χ0v) is 17.6. The molecule has 7 nitrogen and oxygen atoms in total. The number of hydrogen-bond acceptors (Lipinski definition) is 7. The van der Waals surface area contributed by atoms with E-state index in [0.29, 0.717) is 18.4 Å². The van der Waals surface area contributed by atoms with Crippen molar-refractivity contribution in [3.63, 3.8) is 0 Å². The number of hydrogen-bond donors (Lipinski definition) is 3. The summed E-state index contributed by atoms with van der Waals surface area (Å²) in [6.07, 6.45) is 2.88. The molecule has 1 aromatic heterocycles. The van der Waals surface area contributed by atoms with E-state index in [1.165, 1.54) is 19.2 Å². The minimum atomic E-state index is -0.606. The summed E-state index contributed by atoms with van der Waals surface area (Å²) in [5, 5.41) is 30.1. The van der Waals surface area contributed by atoms with Crippen LogP contribution >= 0.6 is 0 Å². The highest BCUT2D eigenvalue weighted by Crippen LogP contribution is 2.39. The molecule has 1 heterocycles. The van der Waals surface area contributed by atoms with Gasteiger partial charge in [0, 0.05) is 30.2 Å². The summed E-state index contributed by atoms with van der Waals surface area (Å²) < 4.78 is 10.9. The van der Waals surface area contributed by atoms with Gasteiger partial charge >= 0.3 is 0 Å². The third-order valence-electron chi connectivity index (χ3n) is 5.00. The Morgan fingerprint density at radius 3 is 2.42 bits per heavy atom. The Bertz CT molecular complexity index is 1290. The molecule has 0 aliphatic heterocycles. The lowest BCUT2D eigenvalue weighted by molar-refractivity contribution is -0.115. The molecule has 0 saturated heterocycles. The number of methoxy groups -OCH3 is 1. The molecular weight excluding hydrogens is 400 g/mol. The number of allylic oxidation sites excluding steroid dienone is 3. The SMILES string of the molecule is C=C(CCC=C(C)C)C(=O)Cc1c(OC)c(O)cc2oc3cc(O)cc(O)c3c(=O)c12. The van der Waals surface area contributed by atoms with Crippen molar-refractivity contribution >= 4 is 27.7 Å². The number of carbonyl (C=O) groups excluding carboxylic acids is 1. The Balaban J connectivity index is 2.18. The number of ether oxygens (including phenoxy) is 1. The molecule has 31 heavy (non-hydrogen) atoms. The first-order chi connectivity index (χ1) is 14.6. The van der Waals surface area contributed by atoms with E-state index in [4.69, 9.17) is 9.15 Å². The van der Waals surface area contributed by atoms with Crippen molar-refractivity contribution in [2.24, 2.45) is 0 Å². The second kappa shape index (κ2) is 8.55. The Kier molecular flexibility index (Phi) is 6.06. The summed E-state index contributed by atoms with van der Waals surface area (Å²) in [6, 6.07) is 3.42. The van der Waals surface area contributed by atoms with E-state index in [2.05, 4.69) is 6.58 Å². The van der Waals surface area contributed by atoms with Crippen LogP contribution in [0.3, 0.4) is 0 Å². The fourth-order valence-electron chi connectivity index (χ4n) is 3.50. The molecule has 3 aromatic rings. The first kappa shape index (κ1) is 22.0. The van der Waals surface area contributed by atoms with Crippen LogP contribution in [0.5, 0.6) is 23.0 Å². The minimum Gasteiger partial charge on any atom is -0.508 e. The van der Waals surface area contributed by atoms with Crippen LogP contribution in [0.15, 0.2) is 51.2 Å². The summed E-state index contributed by atoms with van der Waals surface area (Å²) in [5.74, 6) is -1.38. The number of benzene rings is 2. The zero-order chi connectivity index (χ0) is 22.9. The summed E-state index contributed by atoms with van der Waals surface area (Å²) in [4.78, 5) is 26.1. The average molecular weight is 424 g/mol. The predicted octanol–water partition coefficient (Wildman–Crippen LogP) is 4.49. The summed E-state index contributed by atoms with van der Waals surface area (Å²) >= 11 is 0. The van der Waals surface area contributed by atoms with Crippen LogP contribution < -0.4 is 10.2 Å². The number of phenolic OH excluding ortho intramolecular Hbond substituents is 3. The van der Waals surface area contributed by atoms with Crippen LogP contribution in [0.25, 0.3) is 21.9 Å². The molecule has 0 amide bonds. The number of aromatic hydroxyl groups is 3. The van der Waals surface area contributed by atoms with Crippen molar-refractivity contribution in [2.75, 3.05) is 7.11 Å². The van der Waals surface area contributed by atoms with Crippen LogP contribution in [-0.4, -0.2) is 28.2 Å². The highest BCUT2D eigenvalue weighted by molar-refractivity contribution is 6.02. The molecule has 0 aliphatic rings. The van der Waals surface area contributed by atoms with Crippen LogP contribution in [-0.2, 0) is 11.2 Å².